The third kappa shape index (κ3) is 5.01. The Morgan fingerprint density at radius 1 is 1.21 bits per heavy atom. The fourth-order valence-electron chi connectivity index (χ4n) is 6.55. The van der Waals surface area contributed by atoms with Gasteiger partial charge in [-0.15, -0.1) is 0 Å². The van der Waals surface area contributed by atoms with E-state index < -0.39 is 6.17 Å². The molecule has 0 saturated heterocycles. The van der Waals surface area contributed by atoms with E-state index in [2.05, 4.69) is 56.9 Å². The summed E-state index contributed by atoms with van der Waals surface area (Å²) in [6, 6.07) is 10.4. The first-order valence-corrected chi connectivity index (χ1v) is 12.7. The molecule has 2 heteroatoms. The van der Waals surface area contributed by atoms with Crippen molar-refractivity contribution >= 4 is 0 Å². The Bertz CT molecular complexity index is 966. The molecule has 5 atom stereocenters. The van der Waals surface area contributed by atoms with Gasteiger partial charge in [-0.3, -0.25) is 0 Å². The normalized spacial score (nSPS) is 33.5. The second-order valence-electron chi connectivity index (χ2n) is 10.5. The molecule has 33 heavy (non-hydrogen) atoms. The zero-order valence-corrected chi connectivity index (χ0v) is 20.3. The van der Waals surface area contributed by atoms with Crippen LogP contribution in [0.3, 0.4) is 0 Å². The Morgan fingerprint density at radius 3 is 2.76 bits per heavy atom. The summed E-state index contributed by atoms with van der Waals surface area (Å²) in [4.78, 5) is 0. The molecule has 0 spiro atoms. The average Bonchev–Trinajstić information content (AvgIpc) is 3.18. The second kappa shape index (κ2) is 10.4. The van der Waals surface area contributed by atoms with Crippen molar-refractivity contribution in [1.29, 1.82) is 0 Å². The van der Waals surface area contributed by atoms with E-state index in [1.54, 1.807) is 5.57 Å². The monoisotopic (exact) mass is 446 g/mol. The first-order chi connectivity index (χ1) is 15.9. The Balaban J connectivity index is 1.53. The van der Waals surface area contributed by atoms with Crippen molar-refractivity contribution in [3.05, 3.63) is 95.1 Å². The van der Waals surface area contributed by atoms with Gasteiger partial charge < -0.3 is 5.11 Å². The van der Waals surface area contributed by atoms with Crippen LogP contribution in [0, 0.1) is 17.3 Å². The van der Waals surface area contributed by atoms with Crippen molar-refractivity contribution in [2.45, 2.75) is 70.9 Å². The Kier molecular flexibility index (Phi) is 7.54. The molecule has 3 aliphatic rings. The maximum Gasteiger partial charge on any atom is 0.125 e. The van der Waals surface area contributed by atoms with Crippen LogP contribution in [0.5, 0.6) is 0 Å². The highest BCUT2D eigenvalue weighted by atomic mass is 19.1. The van der Waals surface area contributed by atoms with Gasteiger partial charge in [0.1, 0.15) is 6.17 Å². The topological polar surface area (TPSA) is 20.2 Å². The van der Waals surface area contributed by atoms with Gasteiger partial charge in [0.05, 0.1) is 6.61 Å². The minimum absolute atomic E-state index is 0.114. The van der Waals surface area contributed by atoms with Crippen LogP contribution in [0.2, 0.25) is 0 Å². The van der Waals surface area contributed by atoms with Gasteiger partial charge in [-0.1, -0.05) is 92.3 Å². The first kappa shape index (κ1) is 24.0. The molecular weight excluding hydrogens is 407 g/mol. The molecule has 176 valence electrons. The summed E-state index contributed by atoms with van der Waals surface area (Å²) in [7, 11) is 0. The average molecular weight is 447 g/mol. The number of hydrogen-bond acceptors (Lipinski definition) is 1. The fourth-order valence-corrected chi connectivity index (χ4v) is 6.55. The summed E-state index contributed by atoms with van der Waals surface area (Å²) >= 11 is 0. The van der Waals surface area contributed by atoms with E-state index in [4.69, 9.17) is 5.11 Å². The molecular formula is C31H39FO. The minimum Gasteiger partial charge on any atom is -0.392 e. The number of benzene rings is 1. The second-order valence-corrected chi connectivity index (χ2v) is 10.5. The molecule has 4 rings (SSSR count). The quantitative estimate of drug-likeness (QED) is 0.439. The van der Waals surface area contributed by atoms with E-state index in [0.717, 1.165) is 31.3 Å². The molecule has 0 bridgehead atoms. The highest BCUT2D eigenvalue weighted by molar-refractivity contribution is 5.42. The first-order valence-electron chi connectivity index (χ1n) is 12.7. The van der Waals surface area contributed by atoms with Gasteiger partial charge in [-0.25, -0.2) is 4.39 Å². The van der Waals surface area contributed by atoms with Crippen LogP contribution in [0.15, 0.2) is 89.6 Å². The van der Waals surface area contributed by atoms with Crippen molar-refractivity contribution in [3.8, 4) is 0 Å². The van der Waals surface area contributed by atoms with Crippen molar-refractivity contribution in [2.24, 2.45) is 17.3 Å². The third-order valence-corrected chi connectivity index (χ3v) is 8.42. The van der Waals surface area contributed by atoms with Crippen molar-refractivity contribution < 1.29 is 9.50 Å². The molecule has 5 unspecified atom stereocenters. The summed E-state index contributed by atoms with van der Waals surface area (Å²) in [6.45, 7) is 8.99. The predicted octanol–water partition coefficient (Wildman–Crippen LogP) is 8.02. The zero-order chi connectivity index (χ0) is 23.4. The summed E-state index contributed by atoms with van der Waals surface area (Å²) in [5, 5.41) is 9.06. The number of hydrogen-bond donors (Lipinski definition) is 1. The van der Waals surface area contributed by atoms with Gasteiger partial charge in [0.25, 0.3) is 0 Å². The van der Waals surface area contributed by atoms with Crippen molar-refractivity contribution in [1.82, 2.24) is 0 Å². The highest BCUT2D eigenvalue weighted by Crippen LogP contribution is 2.57. The SMILES string of the molecule is C=C1/C(=C/C=C2/CCCC3(C)C(C(C)C/C=C/CO)=CCC23)CC(c2ccccc2)CC1F. The standard InChI is InChI=1S/C31H39FO/c1-22(10-7-8-19-33)28-16-17-29-25(13-9-18-31(28,29)3)14-15-26-20-27(21-30(32)23(26)2)24-11-5-4-6-12-24/h4-8,11-12,14-16,22,27,29-30,33H,2,9-10,13,17-21H2,1,3H3/b8-7+,25-14-,26-15+. The number of fused-ring (bicyclic) bond motifs is 1. The van der Waals surface area contributed by atoms with Crippen molar-refractivity contribution in [2.75, 3.05) is 6.61 Å². The molecule has 1 nitrogen and oxygen atoms in total. The van der Waals surface area contributed by atoms with Crippen LogP contribution in [0.4, 0.5) is 4.39 Å². The lowest BCUT2D eigenvalue weighted by Gasteiger charge is -2.42. The van der Waals surface area contributed by atoms with Crippen LogP contribution < -0.4 is 0 Å². The van der Waals surface area contributed by atoms with E-state index in [1.807, 2.05) is 24.3 Å². The predicted molar refractivity (Wildman–Crippen MR) is 137 cm³/mol. The number of aliphatic hydroxyl groups excluding tert-OH is 1. The van der Waals surface area contributed by atoms with Gasteiger partial charge in [-0.05, 0) is 84.8 Å². The number of alkyl halides is 1. The maximum absolute atomic E-state index is 14.9. The third-order valence-electron chi connectivity index (χ3n) is 8.42. The molecule has 0 heterocycles. The lowest BCUT2D eigenvalue weighted by molar-refractivity contribution is 0.218. The molecule has 0 aliphatic heterocycles. The van der Waals surface area contributed by atoms with Gasteiger partial charge in [0, 0.05) is 0 Å². The van der Waals surface area contributed by atoms with Gasteiger partial charge in [0.15, 0.2) is 0 Å². The lowest BCUT2D eigenvalue weighted by Crippen LogP contribution is -2.32. The van der Waals surface area contributed by atoms with Gasteiger partial charge in [0.2, 0.25) is 0 Å². The van der Waals surface area contributed by atoms with E-state index in [9.17, 15) is 4.39 Å². The number of aliphatic hydroxyl groups is 1. The summed E-state index contributed by atoms with van der Waals surface area (Å²) < 4.78 is 14.9. The maximum atomic E-state index is 14.9. The molecule has 0 amide bonds. The number of halogens is 1. The summed E-state index contributed by atoms with van der Waals surface area (Å²) in [5.74, 6) is 1.27. The van der Waals surface area contributed by atoms with Crippen LogP contribution >= 0.6 is 0 Å². The summed E-state index contributed by atoms with van der Waals surface area (Å²) in [6.07, 6.45) is 17.1. The van der Waals surface area contributed by atoms with Crippen LogP contribution in [0.1, 0.15) is 70.3 Å². The number of rotatable bonds is 6. The van der Waals surface area contributed by atoms with E-state index in [0.29, 0.717) is 23.8 Å². The largest absolute Gasteiger partial charge is 0.392 e. The molecule has 0 aromatic heterocycles. The number of allylic oxidation sites excluding steroid dienone is 8. The molecule has 1 N–H and O–H groups in total. The summed E-state index contributed by atoms with van der Waals surface area (Å²) in [5.41, 5.74) is 6.30. The zero-order valence-electron chi connectivity index (χ0n) is 20.3. The van der Waals surface area contributed by atoms with Crippen LogP contribution in [-0.2, 0) is 0 Å². The van der Waals surface area contributed by atoms with Crippen molar-refractivity contribution in [3.63, 3.8) is 0 Å². The minimum atomic E-state index is -0.960. The Labute approximate surface area is 199 Å². The van der Waals surface area contributed by atoms with Gasteiger partial charge in [-0.2, -0.15) is 0 Å². The van der Waals surface area contributed by atoms with Crippen LogP contribution in [-0.4, -0.2) is 17.9 Å². The smallest absolute Gasteiger partial charge is 0.125 e. The lowest BCUT2D eigenvalue weighted by atomic mass is 9.62. The Hall–Kier alpha value is -2.19. The molecule has 3 aliphatic carbocycles. The van der Waals surface area contributed by atoms with E-state index in [1.165, 1.54) is 24.0 Å². The van der Waals surface area contributed by atoms with E-state index >= 15 is 0 Å². The Morgan fingerprint density at radius 2 is 2.00 bits per heavy atom. The van der Waals surface area contributed by atoms with Gasteiger partial charge >= 0.3 is 0 Å². The molecule has 1 aromatic rings. The molecule has 2 saturated carbocycles. The molecule has 0 radical (unpaired) electrons. The van der Waals surface area contributed by atoms with E-state index in [-0.39, 0.29) is 17.9 Å². The molecule has 2 fully saturated rings. The van der Waals surface area contributed by atoms with Crippen LogP contribution in [0.25, 0.3) is 0 Å². The molecule has 1 aromatic carbocycles. The fraction of sp³-hybridized carbons (Fsp3) is 0.484. The highest BCUT2D eigenvalue weighted by Gasteiger charge is 2.45.